The van der Waals surface area contributed by atoms with Crippen molar-refractivity contribution in [1.29, 1.82) is 0 Å². The van der Waals surface area contributed by atoms with Gasteiger partial charge in [-0.05, 0) is 44.5 Å². The number of nitrogens with zero attached hydrogens (tertiary/aromatic N) is 1. The second kappa shape index (κ2) is 6.55. The van der Waals surface area contributed by atoms with Crippen LogP contribution in [-0.2, 0) is 14.8 Å². The number of likely N-dealkylation sites (tertiary alicyclic amines) is 1. The molecule has 1 amide bonds. The molecule has 0 spiro atoms. The molecule has 0 bridgehead atoms. The first-order valence-electron chi connectivity index (χ1n) is 7.03. The molecule has 1 saturated heterocycles. The van der Waals surface area contributed by atoms with E-state index in [0.717, 1.165) is 19.4 Å². The number of anilines is 1. The number of piperidine rings is 1. The summed E-state index contributed by atoms with van der Waals surface area (Å²) in [5.74, 6) is -0.143. The number of sulfonamides is 1. The zero-order valence-corrected chi connectivity index (χ0v) is 12.9. The molecule has 1 fully saturated rings. The summed E-state index contributed by atoms with van der Waals surface area (Å²) in [4.78, 5) is 14.2. The third kappa shape index (κ3) is 4.52. The quantitative estimate of drug-likeness (QED) is 0.872. The van der Waals surface area contributed by atoms with Crippen LogP contribution in [0.1, 0.15) is 26.2 Å². The maximum Gasteiger partial charge on any atom is 0.238 e. The first kappa shape index (κ1) is 15.9. The topological polar surface area (TPSA) is 92.5 Å². The molecule has 1 aromatic carbocycles. The summed E-state index contributed by atoms with van der Waals surface area (Å²) in [5, 5.41) is 7.80. The number of carbonyl (C=O) groups excluding carboxylic acids is 1. The van der Waals surface area contributed by atoms with Crippen molar-refractivity contribution >= 4 is 21.6 Å². The van der Waals surface area contributed by atoms with Crippen LogP contribution in [0, 0.1) is 0 Å². The number of carbonyl (C=O) groups is 1. The molecule has 6 nitrogen and oxygen atoms in total. The van der Waals surface area contributed by atoms with E-state index in [0.29, 0.717) is 18.3 Å². The smallest absolute Gasteiger partial charge is 0.238 e. The summed E-state index contributed by atoms with van der Waals surface area (Å²) < 4.78 is 22.6. The number of nitrogens with two attached hydrogens (primary N) is 1. The molecule has 3 N–H and O–H groups in total. The van der Waals surface area contributed by atoms with Crippen LogP contribution in [-0.4, -0.2) is 38.4 Å². The van der Waals surface area contributed by atoms with Gasteiger partial charge in [0.25, 0.3) is 0 Å². The predicted molar refractivity (Wildman–Crippen MR) is 81.3 cm³/mol. The molecule has 21 heavy (non-hydrogen) atoms. The molecule has 1 aromatic rings. The Hall–Kier alpha value is -1.44. The van der Waals surface area contributed by atoms with E-state index in [1.54, 1.807) is 12.1 Å². The largest absolute Gasteiger partial charge is 0.325 e. The molecule has 2 rings (SSSR count). The standard InChI is InChI=1S/C14H21N3O3S/c1-11-5-2-3-8-17(11)10-14(18)16-12-6-4-7-13(9-12)21(15,19)20/h4,6-7,9,11H,2-3,5,8,10H2,1H3,(H,16,18)(H2,15,19,20)/t11-/m1/s1. The summed E-state index contributed by atoms with van der Waals surface area (Å²) in [6, 6.07) is 6.37. The minimum Gasteiger partial charge on any atom is -0.325 e. The van der Waals surface area contributed by atoms with Crippen molar-refractivity contribution in [2.45, 2.75) is 37.1 Å². The first-order chi connectivity index (χ1) is 9.86. The molecule has 0 aliphatic carbocycles. The van der Waals surface area contributed by atoms with Crippen LogP contribution in [0.3, 0.4) is 0 Å². The Morgan fingerprint density at radius 1 is 1.43 bits per heavy atom. The molecule has 1 aliphatic heterocycles. The van der Waals surface area contributed by atoms with Crippen LogP contribution in [0.2, 0.25) is 0 Å². The van der Waals surface area contributed by atoms with Crippen molar-refractivity contribution in [3.8, 4) is 0 Å². The van der Waals surface area contributed by atoms with Crippen molar-refractivity contribution in [2.75, 3.05) is 18.4 Å². The monoisotopic (exact) mass is 311 g/mol. The van der Waals surface area contributed by atoms with Gasteiger partial charge in [0.05, 0.1) is 11.4 Å². The van der Waals surface area contributed by atoms with Crippen LogP contribution in [0.25, 0.3) is 0 Å². The average Bonchev–Trinajstić information content (AvgIpc) is 2.41. The van der Waals surface area contributed by atoms with Gasteiger partial charge in [-0.2, -0.15) is 0 Å². The molecular weight excluding hydrogens is 290 g/mol. The van der Waals surface area contributed by atoms with E-state index in [-0.39, 0.29) is 10.8 Å². The normalized spacial score (nSPS) is 20.2. The van der Waals surface area contributed by atoms with Crippen LogP contribution in [0.4, 0.5) is 5.69 Å². The SMILES string of the molecule is C[C@@H]1CCCCN1CC(=O)Nc1cccc(S(N)(=O)=O)c1. The Morgan fingerprint density at radius 2 is 2.19 bits per heavy atom. The third-order valence-corrected chi connectivity index (χ3v) is 4.64. The zero-order chi connectivity index (χ0) is 15.5. The summed E-state index contributed by atoms with van der Waals surface area (Å²) in [6.07, 6.45) is 3.42. The van der Waals surface area contributed by atoms with Crippen molar-refractivity contribution < 1.29 is 13.2 Å². The Kier molecular flexibility index (Phi) is 4.97. The maximum absolute atomic E-state index is 12.1. The summed E-state index contributed by atoms with van der Waals surface area (Å²) >= 11 is 0. The van der Waals surface area contributed by atoms with E-state index in [2.05, 4.69) is 17.1 Å². The number of hydrogen-bond donors (Lipinski definition) is 2. The van der Waals surface area contributed by atoms with Gasteiger partial charge in [-0.25, -0.2) is 13.6 Å². The van der Waals surface area contributed by atoms with E-state index in [1.807, 2.05) is 0 Å². The summed E-state index contributed by atoms with van der Waals surface area (Å²) in [7, 11) is -3.76. The number of benzene rings is 1. The molecule has 1 heterocycles. The Balaban J connectivity index is 1.99. The fourth-order valence-corrected chi connectivity index (χ4v) is 3.09. The Bertz CT molecular complexity index is 616. The molecule has 0 radical (unpaired) electrons. The molecule has 0 aromatic heterocycles. The lowest BCUT2D eigenvalue weighted by atomic mass is 10.0. The first-order valence-corrected chi connectivity index (χ1v) is 8.57. The second-order valence-corrected chi connectivity index (χ2v) is 7.00. The van der Waals surface area contributed by atoms with E-state index < -0.39 is 10.0 Å². The highest BCUT2D eigenvalue weighted by Crippen LogP contribution is 2.17. The highest BCUT2D eigenvalue weighted by molar-refractivity contribution is 7.89. The fraction of sp³-hybridized carbons (Fsp3) is 0.500. The van der Waals surface area contributed by atoms with Gasteiger partial charge in [-0.1, -0.05) is 12.5 Å². The maximum atomic E-state index is 12.1. The summed E-state index contributed by atoms with van der Waals surface area (Å²) in [6.45, 7) is 3.36. The summed E-state index contributed by atoms with van der Waals surface area (Å²) in [5.41, 5.74) is 0.441. The second-order valence-electron chi connectivity index (χ2n) is 5.44. The molecule has 1 aliphatic rings. The van der Waals surface area contributed by atoms with Crippen LogP contribution >= 0.6 is 0 Å². The van der Waals surface area contributed by atoms with Crippen molar-refractivity contribution in [3.63, 3.8) is 0 Å². The van der Waals surface area contributed by atoms with Gasteiger partial charge in [0.1, 0.15) is 0 Å². The minimum atomic E-state index is -3.76. The van der Waals surface area contributed by atoms with Crippen molar-refractivity contribution in [1.82, 2.24) is 4.90 Å². The van der Waals surface area contributed by atoms with Gasteiger partial charge >= 0.3 is 0 Å². The average molecular weight is 311 g/mol. The van der Waals surface area contributed by atoms with Gasteiger partial charge in [0, 0.05) is 11.7 Å². The van der Waals surface area contributed by atoms with Crippen molar-refractivity contribution in [2.24, 2.45) is 5.14 Å². The highest BCUT2D eigenvalue weighted by atomic mass is 32.2. The number of amides is 1. The number of nitrogens with one attached hydrogen (secondary N) is 1. The van der Waals surface area contributed by atoms with Crippen LogP contribution in [0.15, 0.2) is 29.2 Å². The number of rotatable bonds is 4. The number of hydrogen-bond acceptors (Lipinski definition) is 4. The van der Waals surface area contributed by atoms with Gasteiger partial charge < -0.3 is 5.32 Å². The van der Waals surface area contributed by atoms with Gasteiger partial charge in [0.2, 0.25) is 15.9 Å². The van der Waals surface area contributed by atoms with Gasteiger partial charge in [-0.3, -0.25) is 9.69 Å². The Labute approximate surface area is 125 Å². The third-order valence-electron chi connectivity index (χ3n) is 3.73. The van der Waals surface area contributed by atoms with Gasteiger partial charge in [-0.15, -0.1) is 0 Å². The molecule has 0 unspecified atom stereocenters. The van der Waals surface area contributed by atoms with E-state index in [1.165, 1.54) is 18.6 Å². The molecule has 7 heteroatoms. The van der Waals surface area contributed by atoms with Crippen molar-refractivity contribution in [3.05, 3.63) is 24.3 Å². The molecule has 0 saturated carbocycles. The van der Waals surface area contributed by atoms with E-state index >= 15 is 0 Å². The van der Waals surface area contributed by atoms with Crippen LogP contribution < -0.4 is 10.5 Å². The zero-order valence-electron chi connectivity index (χ0n) is 12.1. The van der Waals surface area contributed by atoms with E-state index in [4.69, 9.17) is 5.14 Å². The molecule has 1 atom stereocenters. The number of primary sulfonamides is 1. The lowest BCUT2D eigenvalue weighted by molar-refractivity contribution is -0.118. The highest BCUT2D eigenvalue weighted by Gasteiger charge is 2.20. The lowest BCUT2D eigenvalue weighted by Crippen LogP contribution is -2.42. The van der Waals surface area contributed by atoms with Crippen LogP contribution in [0.5, 0.6) is 0 Å². The van der Waals surface area contributed by atoms with E-state index in [9.17, 15) is 13.2 Å². The Morgan fingerprint density at radius 3 is 2.86 bits per heavy atom. The van der Waals surface area contributed by atoms with Gasteiger partial charge in [0.15, 0.2) is 0 Å². The predicted octanol–water partition coefficient (Wildman–Crippen LogP) is 1.15. The lowest BCUT2D eigenvalue weighted by Gasteiger charge is -2.32. The minimum absolute atomic E-state index is 0.00774. The molecule has 116 valence electrons. The molecular formula is C14H21N3O3S. The fourth-order valence-electron chi connectivity index (χ4n) is 2.53.